The average Bonchev–Trinajstić information content (AvgIpc) is 3.17. The summed E-state index contributed by atoms with van der Waals surface area (Å²) in [6, 6.07) is 12.0. The number of benzene rings is 1. The van der Waals surface area contributed by atoms with Gasteiger partial charge in [0.15, 0.2) is 0 Å². The van der Waals surface area contributed by atoms with E-state index in [0.29, 0.717) is 17.2 Å². The normalized spacial score (nSPS) is 17.8. The summed E-state index contributed by atoms with van der Waals surface area (Å²) in [7, 11) is 0. The standard InChI is InChI=1S/C22H27N5O2S/c1-15(10-11-17-7-4-3-5-8-17)23-20(29)18-9-6-12-26(14-18)22-25-27-19(28)13-16(2)24-21(27)30-22/h3-5,7-8,13,15,18H,6,9-12,14H2,1-2H3,(H,23,29)/t15-,18+/m1/s1. The Morgan fingerprint density at radius 1 is 1.33 bits per heavy atom. The Morgan fingerprint density at radius 3 is 2.93 bits per heavy atom. The quantitative estimate of drug-likeness (QED) is 0.657. The fraction of sp³-hybridized carbons (Fsp3) is 0.455. The van der Waals surface area contributed by atoms with Crippen molar-refractivity contribution in [2.24, 2.45) is 5.92 Å². The molecule has 0 spiro atoms. The first-order valence-corrected chi connectivity index (χ1v) is 11.3. The third kappa shape index (κ3) is 4.70. The Bertz CT molecular complexity index is 1080. The number of carbonyl (C=O) groups excluding carboxylic acids is 1. The summed E-state index contributed by atoms with van der Waals surface area (Å²) in [5, 5.41) is 8.38. The molecule has 8 heteroatoms. The highest BCUT2D eigenvalue weighted by Crippen LogP contribution is 2.27. The Kier molecular flexibility index (Phi) is 6.13. The van der Waals surface area contributed by atoms with Crippen molar-refractivity contribution in [1.82, 2.24) is 19.9 Å². The molecule has 1 N–H and O–H groups in total. The van der Waals surface area contributed by atoms with Crippen molar-refractivity contribution in [2.75, 3.05) is 18.0 Å². The van der Waals surface area contributed by atoms with Crippen molar-refractivity contribution in [2.45, 2.75) is 45.6 Å². The molecule has 0 bridgehead atoms. The molecule has 0 radical (unpaired) electrons. The van der Waals surface area contributed by atoms with Crippen molar-refractivity contribution in [3.63, 3.8) is 0 Å². The van der Waals surface area contributed by atoms with Crippen LogP contribution in [0.25, 0.3) is 4.96 Å². The monoisotopic (exact) mass is 425 g/mol. The van der Waals surface area contributed by atoms with Crippen LogP contribution >= 0.6 is 11.3 Å². The van der Waals surface area contributed by atoms with Crippen molar-refractivity contribution < 1.29 is 4.79 Å². The molecule has 0 saturated carbocycles. The zero-order valence-electron chi connectivity index (χ0n) is 17.4. The molecule has 1 amide bonds. The van der Waals surface area contributed by atoms with E-state index in [1.54, 1.807) is 6.92 Å². The zero-order valence-corrected chi connectivity index (χ0v) is 18.2. The van der Waals surface area contributed by atoms with E-state index < -0.39 is 0 Å². The van der Waals surface area contributed by atoms with Gasteiger partial charge < -0.3 is 10.2 Å². The zero-order chi connectivity index (χ0) is 21.1. The Balaban J connectivity index is 1.37. The van der Waals surface area contributed by atoms with E-state index in [1.165, 1.54) is 27.5 Å². The van der Waals surface area contributed by atoms with Crippen molar-refractivity contribution in [1.29, 1.82) is 0 Å². The molecular formula is C22H27N5O2S. The summed E-state index contributed by atoms with van der Waals surface area (Å²) >= 11 is 1.40. The van der Waals surface area contributed by atoms with E-state index in [1.807, 2.05) is 18.2 Å². The van der Waals surface area contributed by atoms with Crippen LogP contribution in [0.1, 0.15) is 37.4 Å². The lowest BCUT2D eigenvalue weighted by Gasteiger charge is -2.32. The van der Waals surface area contributed by atoms with Gasteiger partial charge in [-0.05, 0) is 45.1 Å². The molecular weight excluding hydrogens is 398 g/mol. The lowest BCUT2D eigenvalue weighted by Crippen LogP contribution is -2.45. The first-order chi connectivity index (χ1) is 14.5. The number of rotatable bonds is 6. The van der Waals surface area contributed by atoms with Gasteiger partial charge in [-0.1, -0.05) is 41.7 Å². The summed E-state index contributed by atoms with van der Waals surface area (Å²) in [5.41, 5.74) is 1.81. The second kappa shape index (κ2) is 8.95. The van der Waals surface area contributed by atoms with Crippen molar-refractivity contribution in [3.8, 4) is 0 Å². The van der Waals surface area contributed by atoms with Gasteiger partial charge in [-0.15, -0.1) is 5.10 Å². The molecule has 2 aromatic heterocycles. The molecule has 2 atom stereocenters. The van der Waals surface area contributed by atoms with Crippen LogP contribution in [0.4, 0.5) is 5.13 Å². The summed E-state index contributed by atoms with van der Waals surface area (Å²) in [5.74, 6) is 0.0314. The predicted molar refractivity (Wildman–Crippen MR) is 119 cm³/mol. The molecule has 1 aliphatic heterocycles. The first kappa shape index (κ1) is 20.5. The Hall–Kier alpha value is -2.74. The predicted octanol–water partition coefficient (Wildman–Crippen LogP) is 2.81. The number of amides is 1. The van der Waals surface area contributed by atoms with Gasteiger partial charge in [0.1, 0.15) is 0 Å². The lowest BCUT2D eigenvalue weighted by atomic mass is 9.96. The molecule has 1 fully saturated rings. The van der Waals surface area contributed by atoms with Crippen LogP contribution in [-0.2, 0) is 11.2 Å². The average molecular weight is 426 g/mol. The highest BCUT2D eigenvalue weighted by atomic mass is 32.1. The SMILES string of the molecule is Cc1cc(=O)n2nc(N3CCC[C@H](C(=O)N[C@H](C)CCc4ccccc4)C3)sc2n1. The molecule has 0 aliphatic carbocycles. The second-order valence-corrected chi connectivity index (χ2v) is 8.97. The summed E-state index contributed by atoms with van der Waals surface area (Å²) in [6.45, 7) is 5.32. The van der Waals surface area contributed by atoms with Crippen LogP contribution < -0.4 is 15.8 Å². The second-order valence-electron chi connectivity index (χ2n) is 8.03. The largest absolute Gasteiger partial charge is 0.353 e. The van der Waals surface area contributed by atoms with Crippen LogP contribution in [-0.4, -0.2) is 39.6 Å². The van der Waals surface area contributed by atoms with Crippen molar-refractivity contribution >= 4 is 27.3 Å². The van der Waals surface area contributed by atoms with Crippen LogP contribution in [0, 0.1) is 12.8 Å². The number of piperidine rings is 1. The van der Waals surface area contributed by atoms with E-state index >= 15 is 0 Å². The smallest absolute Gasteiger partial charge is 0.275 e. The van der Waals surface area contributed by atoms with Gasteiger partial charge in [-0.25, -0.2) is 4.98 Å². The topological polar surface area (TPSA) is 79.6 Å². The Morgan fingerprint density at radius 2 is 2.13 bits per heavy atom. The van der Waals surface area contributed by atoms with Gasteiger partial charge in [0, 0.05) is 30.9 Å². The van der Waals surface area contributed by atoms with Crippen LogP contribution in [0.15, 0.2) is 41.2 Å². The minimum absolute atomic E-state index is 0.0728. The molecule has 7 nitrogen and oxygen atoms in total. The number of nitrogens with one attached hydrogen (secondary N) is 1. The molecule has 1 aliphatic rings. The van der Waals surface area contributed by atoms with Gasteiger partial charge in [-0.3, -0.25) is 9.59 Å². The van der Waals surface area contributed by atoms with E-state index in [9.17, 15) is 9.59 Å². The van der Waals surface area contributed by atoms with E-state index in [0.717, 1.165) is 37.4 Å². The maximum Gasteiger partial charge on any atom is 0.275 e. The van der Waals surface area contributed by atoms with Crippen LogP contribution in [0.2, 0.25) is 0 Å². The molecule has 1 aromatic carbocycles. The minimum atomic E-state index is -0.168. The molecule has 1 saturated heterocycles. The maximum absolute atomic E-state index is 12.8. The number of fused-ring (bicyclic) bond motifs is 1. The lowest BCUT2D eigenvalue weighted by molar-refractivity contribution is -0.125. The fourth-order valence-electron chi connectivity index (χ4n) is 3.86. The molecule has 4 rings (SSSR count). The number of carbonyl (C=O) groups is 1. The van der Waals surface area contributed by atoms with Crippen LogP contribution in [0.3, 0.4) is 0 Å². The van der Waals surface area contributed by atoms with Gasteiger partial charge in [0.25, 0.3) is 5.56 Å². The molecule has 30 heavy (non-hydrogen) atoms. The van der Waals surface area contributed by atoms with Gasteiger partial charge in [-0.2, -0.15) is 4.52 Å². The third-order valence-electron chi connectivity index (χ3n) is 5.52. The van der Waals surface area contributed by atoms with Gasteiger partial charge in [0.05, 0.1) is 5.92 Å². The molecule has 158 valence electrons. The number of hydrogen-bond donors (Lipinski definition) is 1. The number of nitrogens with zero attached hydrogens (tertiary/aromatic N) is 4. The van der Waals surface area contributed by atoms with E-state index in [-0.39, 0.29) is 23.4 Å². The first-order valence-electron chi connectivity index (χ1n) is 10.5. The van der Waals surface area contributed by atoms with E-state index in [4.69, 9.17) is 0 Å². The molecule has 0 unspecified atom stereocenters. The Labute approximate surface area is 179 Å². The maximum atomic E-state index is 12.8. The molecule has 3 heterocycles. The van der Waals surface area contributed by atoms with Gasteiger partial charge >= 0.3 is 0 Å². The fourth-order valence-corrected chi connectivity index (χ4v) is 4.85. The van der Waals surface area contributed by atoms with Crippen molar-refractivity contribution in [3.05, 3.63) is 58.0 Å². The van der Waals surface area contributed by atoms with Crippen LogP contribution in [0.5, 0.6) is 0 Å². The number of anilines is 1. The minimum Gasteiger partial charge on any atom is -0.353 e. The summed E-state index contributed by atoms with van der Waals surface area (Å²) in [6.07, 6.45) is 3.66. The highest BCUT2D eigenvalue weighted by molar-refractivity contribution is 7.20. The number of aryl methyl sites for hydroxylation is 2. The number of hydrogen-bond acceptors (Lipinski definition) is 6. The number of aromatic nitrogens is 3. The third-order valence-corrected chi connectivity index (χ3v) is 6.49. The summed E-state index contributed by atoms with van der Waals surface area (Å²) < 4.78 is 1.35. The highest BCUT2D eigenvalue weighted by Gasteiger charge is 2.28. The van der Waals surface area contributed by atoms with Gasteiger partial charge in [0.2, 0.25) is 16.0 Å². The van der Waals surface area contributed by atoms with E-state index in [2.05, 4.69) is 39.4 Å². The molecule has 3 aromatic rings. The summed E-state index contributed by atoms with van der Waals surface area (Å²) in [4.78, 5) is 32.1.